The third-order valence-electron chi connectivity index (χ3n) is 6.92. The quantitative estimate of drug-likeness (QED) is 0.169. The summed E-state index contributed by atoms with van der Waals surface area (Å²) in [4.78, 5) is 23.9. The molecule has 1 atom stereocenters. The normalized spacial score (nSPS) is 14.7. The number of thiazole rings is 2. The molecule has 0 bridgehead atoms. The van der Waals surface area contributed by atoms with E-state index in [1.807, 2.05) is 35.2 Å². The number of aromatic carboxylic acids is 1. The molecule has 1 unspecified atom stereocenters. The molecule has 2 aromatic carbocycles. The summed E-state index contributed by atoms with van der Waals surface area (Å²) < 4.78 is 20.5. The number of aryl methyl sites for hydroxylation is 1. The standard InChI is InChI=1S/C29H27FN6O3S2/c1-2-17-14-18-15-24(32-28-31-20-9-4-6-11-22(20)40-28)34-35-26(18)36(16-17)29-33-25(27(37)38)23(41-29)12-7-13-39-21-10-5-3-8-19(21)30/h3-6,8-11,15,17H,2,7,12-14,16H2,1H3,(H,37,38)(H,31,32,34). The van der Waals surface area contributed by atoms with Crippen molar-refractivity contribution in [2.75, 3.05) is 23.4 Å². The van der Waals surface area contributed by atoms with Gasteiger partial charge in [0.15, 0.2) is 39.2 Å². The predicted molar refractivity (Wildman–Crippen MR) is 159 cm³/mol. The molecule has 12 heteroatoms. The topological polar surface area (TPSA) is 113 Å². The first kappa shape index (κ1) is 27.0. The van der Waals surface area contributed by atoms with Crippen molar-refractivity contribution in [1.29, 1.82) is 0 Å². The van der Waals surface area contributed by atoms with Crippen molar-refractivity contribution < 1.29 is 19.0 Å². The van der Waals surface area contributed by atoms with Crippen LogP contribution in [0.1, 0.15) is 40.7 Å². The average molecular weight is 591 g/mol. The molecule has 5 aromatic rings. The lowest BCUT2D eigenvalue weighted by Crippen LogP contribution is -2.32. The number of benzene rings is 2. The van der Waals surface area contributed by atoms with E-state index in [1.165, 1.54) is 17.4 Å². The Morgan fingerprint density at radius 2 is 1.98 bits per heavy atom. The van der Waals surface area contributed by atoms with Crippen LogP contribution in [0.3, 0.4) is 0 Å². The maximum absolute atomic E-state index is 13.8. The van der Waals surface area contributed by atoms with Gasteiger partial charge in [-0.1, -0.05) is 48.9 Å². The summed E-state index contributed by atoms with van der Waals surface area (Å²) in [5.74, 6) is 0.319. The number of halogens is 1. The average Bonchev–Trinajstić information content (AvgIpc) is 3.59. The highest BCUT2D eigenvalue weighted by atomic mass is 32.1. The van der Waals surface area contributed by atoms with Crippen LogP contribution in [0.4, 0.5) is 26.3 Å². The summed E-state index contributed by atoms with van der Waals surface area (Å²) in [7, 11) is 0. The van der Waals surface area contributed by atoms with E-state index in [-0.39, 0.29) is 18.1 Å². The minimum atomic E-state index is -1.08. The molecule has 0 fully saturated rings. The van der Waals surface area contributed by atoms with Crippen LogP contribution in [0, 0.1) is 11.7 Å². The van der Waals surface area contributed by atoms with Crippen molar-refractivity contribution in [2.45, 2.75) is 32.6 Å². The molecule has 2 N–H and O–H groups in total. The lowest BCUT2D eigenvalue weighted by Gasteiger charge is -2.32. The van der Waals surface area contributed by atoms with Crippen LogP contribution in [-0.2, 0) is 12.8 Å². The second-order valence-corrected chi connectivity index (χ2v) is 11.8. The van der Waals surface area contributed by atoms with Gasteiger partial charge >= 0.3 is 5.97 Å². The van der Waals surface area contributed by atoms with E-state index in [9.17, 15) is 14.3 Å². The Morgan fingerprint density at radius 3 is 2.78 bits per heavy atom. The molecule has 4 heterocycles. The van der Waals surface area contributed by atoms with Gasteiger partial charge in [-0.05, 0) is 55.5 Å². The number of ether oxygens (including phenoxy) is 1. The van der Waals surface area contributed by atoms with E-state index in [1.54, 1.807) is 29.5 Å². The largest absolute Gasteiger partial charge is 0.491 e. The first-order valence-corrected chi connectivity index (χ1v) is 15.0. The van der Waals surface area contributed by atoms with Gasteiger partial charge in [-0.3, -0.25) is 0 Å². The molecule has 0 saturated carbocycles. The van der Waals surface area contributed by atoms with Gasteiger partial charge in [0.1, 0.15) is 0 Å². The fourth-order valence-electron chi connectivity index (χ4n) is 4.83. The van der Waals surface area contributed by atoms with Gasteiger partial charge in [0.25, 0.3) is 0 Å². The Kier molecular flexibility index (Phi) is 7.75. The maximum atomic E-state index is 13.8. The number of para-hydroxylation sites is 2. The molecule has 1 aliphatic rings. The Hall–Kier alpha value is -4.16. The fraction of sp³-hybridized carbons (Fsp3) is 0.276. The van der Waals surface area contributed by atoms with Gasteiger partial charge < -0.3 is 20.1 Å². The van der Waals surface area contributed by atoms with Gasteiger partial charge in [-0.25, -0.2) is 19.2 Å². The summed E-state index contributed by atoms with van der Waals surface area (Å²) in [5, 5.41) is 23.5. The Morgan fingerprint density at radius 1 is 1.15 bits per heavy atom. The summed E-state index contributed by atoms with van der Waals surface area (Å²) in [5.41, 5.74) is 1.97. The molecule has 210 valence electrons. The van der Waals surface area contributed by atoms with Crippen molar-refractivity contribution in [1.82, 2.24) is 20.2 Å². The van der Waals surface area contributed by atoms with Gasteiger partial charge in [0, 0.05) is 17.0 Å². The molecular weight excluding hydrogens is 563 g/mol. The van der Waals surface area contributed by atoms with Gasteiger partial charge in [-0.2, -0.15) is 0 Å². The molecule has 1 aliphatic heterocycles. The molecule has 6 rings (SSSR count). The third-order valence-corrected chi connectivity index (χ3v) is 9.01. The van der Waals surface area contributed by atoms with Crippen molar-refractivity contribution in [2.24, 2.45) is 5.92 Å². The molecule has 0 spiro atoms. The number of nitrogens with zero attached hydrogens (tertiary/aromatic N) is 5. The lowest BCUT2D eigenvalue weighted by molar-refractivity contribution is 0.0690. The number of nitrogens with one attached hydrogen (secondary N) is 1. The monoisotopic (exact) mass is 590 g/mol. The van der Waals surface area contributed by atoms with E-state index < -0.39 is 11.8 Å². The fourth-order valence-corrected chi connectivity index (χ4v) is 6.81. The van der Waals surface area contributed by atoms with Crippen LogP contribution in [-0.4, -0.2) is 44.4 Å². The Labute approximate surface area is 243 Å². The van der Waals surface area contributed by atoms with Crippen molar-refractivity contribution >= 4 is 60.8 Å². The minimum absolute atomic E-state index is 0.0261. The zero-order valence-electron chi connectivity index (χ0n) is 22.2. The van der Waals surface area contributed by atoms with Crippen LogP contribution < -0.4 is 15.0 Å². The number of carboxylic acid groups (broad SMARTS) is 1. The highest BCUT2D eigenvalue weighted by Crippen LogP contribution is 2.39. The maximum Gasteiger partial charge on any atom is 0.355 e. The van der Waals surface area contributed by atoms with Crippen molar-refractivity contribution in [3.63, 3.8) is 0 Å². The zero-order chi connectivity index (χ0) is 28.3. The summed E-state index contributed by atoms with van der Waals surface area (Å²) in [6.45, 7) is 3.08. The summed E-state index contributed by atoms with van der Waals surface area (Å²) in [6, 6.07) is 16.2. The lowest BCUT2D eigenvalue weighted by atomic mass is 9.93. The molecular formula is C29H27FN6O3S2. The number of anilines is 4. The number of carboxylic acids is 1. The summed E-state index contributed by atoms with van der Waals surface area (Å²) >= 11 is 2.90. The Balaban J connectivity index is 1.22. The van der Waals surface area contributed by atoms with E-state index in [0.29, 0.717) is 46.9 Å². The van der Waals surface area contributed by atoms with Crippen molar-refractivity contribution in [3.05, 3.63) is 76.5 Å². The van der Waals surface area contributed by atoms with Crippen LogP contribution in [0.15, 0.2) is 54.6 Å². The highest BCUT2D eigenvalue weighted by Gasteiger charge is 2.30. The number of aromatic nitrogens is 4. The molecule has 9 nitrogen and oxygen atoms in total. The minimum Gasteiger partial charge on any atom is -0.491 e. The van der Waals surface area contributed by atoms with Crippen LogP contribution >= 0.6 is 22.7 Å². The van der Waals surface area contributed by atoms with E-state index in [4.69, 9.17) is 4.74 Å². The predicted octanol–water partition coefficient (Wildman–Crippen LogP) is 6.86. The first-order chi connectivity index (χ1) is 20.0. The number of hydrogen-bond donors (Lipinski definition) is 2. The number of fused-ring (bicyclic) bond motifs is 2. The molecule has 0 saturated heterocycles. The second-order valence-electron chi connectivity index (χ2n) is 9.73. The Bertz CT molecular complexity index is 1670. The second kappa shape index (κ2) is 11.8. The third kappa shape index (κ3) is 5.84. The number of hydrogen-bond acceptors (Lipinski definition) is 10. The van der Waals surface area contributed by atoms with Gasteiger partial charge in [-0.15, -0.1) is 21.5 Å². The van der Waals surface area contributed by atoms with Gasteiger partial charge in [0.2, 0.25) is 0 Å². The molecule has 0 amide bonds. The van der Waals surface area contributed by atoms with Gasteiger partial charge in [0.05, 0.1) is 16.8 Å². The van der Waals surface area contributed by atoms with E-state index >= 15 is 0 Å². The van der Waals surface area contributed by atoms with Crippen LogP contribution in [0.25, 0.3) is 10.2 Å². The van der Waals surface area contributed by atoms with Crippen LogP contribution in [0.5, 0.6) is 5.75 Å². The van der Waals surface area contributed by atoms with Crippen LogP contribution in [0.2, 0.25) is 0 Å². The number of rotatable bonds is 10. The SMILES string of the molecule is CCC1Cc2cc(Nc3nc4ccccc4s3)nnc2N(c2nc(C(=O)O)c(CCCOc3ccccc3F)s2)C1. The van der Waals surface area contributed by atoms with Crippen molar-refractivity contribution in [3.8, 4) is 5.75 Å². The summed E-state index contributed by atoms with van der Waals surface area (Å²) in [6.07, 6.45) is 2.76. The zero-order valence-corrected chi connectivity index (χ0v) is 23.8. The highest BCUT2D eigenvalue weighted by molar-refractivity contribution is 7.22. The first-order valence-electron chi connectivity index (χ1n) is 13.4. The molecule has 3 aromatic heterocycles. The smallest absolute Gasteiger partial charge is 0.355 e. The van der Waals surface area contributed by atoms with E-state index in [2.05, 4.69) is 32.4 Å². The number of carbonyl (C=O) groups is 1. The molecule has 41 heavy (non-hydrogen) atoms. The molecule has 0 aliphatic carbocycles. The van der Waals surface area contributed by atoms with E-state index in [0.717, 1.165) is 33.8 Å². The molecule has 0 radical (unpaired) electrons.